The van der Waals surface area contributed by atoms with E-state index in [1.807, 2.05) is 55.5 Å². The molecule has 1 heterocycles. The number of benzene rings is 3. The number of non-ortho nitro benzene ring substituents is 1. The number of oxime groups is 1. The van der Waals surface area contributed by atoms with Crippen LogP contribution in [0.3, 0.4) is 0 Å². The lowest BCUT2D eigenvalue weighted by Gasteiger charge is -2.59. The lowest BCUT2D eigenvalue weighted by Crippen LogP contribution is -2.70. The van der Waals surface area contributed by atoms with Gasteiger partial charge in [-0.1, -0.05) is 80.1 Å². The Bertz CT molecular complexity index is 2000. The van der Waals surface area contributed by atoms with Gasteiger partial charge in [0.1, 0.15) is 37.4 Å². The van der Waals surface area contributed by atoms with Crippen LogP contribution < -0.4 is 9.47 Å². The molecule has 3 aliphatic rings. The van der Waals surface area contributed by atoms with Crippen LogP contribution >= 0.6 is 0 Å². The maximum atomic E-state index is 14.5. The van der Waals surface area contributed by atoms with Crippen molar-refractivity contribution in [3.8, 4) is 11.5 Å². The minimum Gasteiger partial charge on any atom is -0.490 e. The number of amides is 1. The summed E-state index contributed by atoms with van der Waals surface area (Å²) in [5.74, 6) is -0.823. The summed E-state index contributed by atoms with van der Waals surface area (Å²) in [5.41, 5.74) is 3.99. The summed E-state index contributed by atoms with van der Waals surface area (Å²) in [4.78, 5) is 33.2. The smallest absolute Gasteiger partial charge is 0.410 e. The predicted octanol–water partition coefficient (Wildman–Crippen LogP) is 9.04. The number of allylic oxidation sites excluding steroid dienone is 1. The molecule has 1 amide bonds. The first-order chi connectivity index (χ1) is 29.8. The molecular formula is C48H59N3O10. The number of unbranched alkanes of at least 4 members (excludes halogenated alkanes) is 2. The Balaban J connectivity index is 1.54. The maximum Gasteiger partial charge on any atom is 0.410 e. The number of carbonyl (C=O) groups is 1. The molecular weight excluding hydrogens is 779 g/mol. The van der Waals surface area contributed by atoms with E-state index in [0.29, 0.717) is 55.2 Å². The van der Waals surface area contributed by atoms with Gasteiger partial charge in [0, 0.05) is 49.8 Å². The largest absolute Gasteiger partial charge is 0.490 e. The van der Waals surface area contributed by atoms with Crippen molar-refractivity contribution in [2.45, 2.75) is 89.3 Å². The molecule has 3 aromatic rings. The van der Waals surface area contributed by atoms with E-state index in [-0.39, 0.29) is 62.9 Å². The summed E-state index contributed by atoms with van der Waals surface area (Å²) in [6.45, 7) is 10.9. The minimum atomic E-state index is -1.44. The zero-order chi connectivity index (χ0) is 43.2. The van der Waals surface area contributed by atoms with Gasteiger partial charge in [-0.25, -0.2) is 4.79 Å². The van der Waals surface area contributed by atoms with Crippen LogP contribution in [-0.4, -0.2) is 76.6 Å². The molecule has 1 saturated carbocycles. The zero-order valence-electron chi connectivity index (χ0n) is 35.1. The zero-order valence-corrected chi connectivity index (χ0v) is 35.1. The van der Waals surface area contributed by atoms with Gasteiger partial charge in [0.2, 0.25) is 5.79 Å². The van der Waals surface area contributed by atoms with E-state index in [1.54, 1.807) is 29.2 Å². The number of rotatable bonds is 23. The van der Waals surface area contributed by atoms with E-state index < -0.39 is 28.8 Å². The van der Waals surface area contributed by atoms with Crippen LogP contribution in [0.4, 0.5) is 10.5 Å². The molecule has 61 heavy (non-hydrogen) atoms. The van der Waals surface area contributed by atoms with Crippen molar-refractivity contribution in [2.24, 2.45) is 22.9 Å². The van der Waals surface area contributed by atoms with Gasteiger partial charge in [0.05, 0.1) is 23.2 Å². The Morgan fingerprint density at radius 3 is 2.38 bits per heavy atom. The van der Waals surface area contributed by atoms with Crippen molar-refractivity contribution < 1.29 is 43.7 Å². The molecule has 0 spiro atoms. The third-order valence-corrected chi connectivity index (χ3v) is 11.8. The Kier molecular flexibility index (Phi) is 16.1. The van der Waals surface area contributed by atoms with Crippen molar-refractivity contribution in [2.75, 3.05) is 33.0 Å². The quantitative estimate of drug-likeness (QED) is 0.0408. The average Bonchev–Trinajstić information content (AvgIpc) is 3.28. The highest BCUT2D eigenvalue weighted by atomic mass is 16.7. The van der Waals surface area contributed by atoms with Crippen LogP contribution in [0, 0.1) is 27.9 Å². The number of carbonyl (C=O) groups excluding carboxylic acids is 1. The van der Waals surface area contributed by atoms with Crippen LogP contribution in [-0.2, 0) is 27.5 Å². The number of nitro groups is 1. The Morgan fingerprint density at radius 1 is 0.967 bits per heavy atom. The van der Waals surface area contributed by atoms with Gasteiger partial charge in [-0.2, -0.15) is 0 Å². The standard InChI is InChI=1S/C48H59N3O10/c1-4-24-50(47(54)58-32-34-14-8-7-9-15-34)44-31-42(49-60-33-35-18-20-37(21-19-35)51(55)56)40-29-36(16-10-12-25-52)39(17-11-13-26-53)45-41-30-38(57-27-5-2)22-23-43(41)61-48(44,46(40)45)59-28-6-3/h5-9,14-15,18-23,29-30,36,39,44-46,52-53H,2-4,10-13,16-17,24-28,31-33H2,1H3/t36-,39+,44-,45+,46+,48+/m0/s1. The van der Waals surface area contributed by atoms with E-state index in [4.69, 9.17) is 28.9 Å². The van der Waals surface area contributed by atoms with Gasteiger partial charge >= 0.3 is 6.09 Å². The van der Waals surface area contributed by atoms with Crippen LogP contribution in [0.5, 0.6) is 11.5 Å². The molecule has 1 aliphatic heterocycles. The number of ether oxygens (including phenoxy) is 4. The molecule has 2 N–H and O–H groups in total. The molecule has 13 heteroatoms. The van der Waals surface area contributed by atoms with E-state index in [0.717, 1.165) is 42.4 Å². The predicted molar refractivity (Wildman–Crippen MR) is 232 cm³/mol. The average molecular weight is 838 g/mol. The molecule has 0 saturated heterocycles. The molecule has 0 unspecified atom stereocenters. The van der Waals surface area contributed by atoms with Gasteiger partial charge in [0.15, 0.2) is 0 Å². The fourth-order valence-corrected chi connectivity index (χ4v) is 9.21. The molecule has 13 nitrogen and oxygen atoms in total. The van der Waals surface area contributed by atoms with Gasteiger partial charge in [0.25, 0.3) is 5.69 Å². The summed E-state index contributed by atoms with van der Waals surface area (Å²) in [5, 5.41) is 36.0. The number of aliphatic hydroxyl groups excluding tert-OH is 2. The number of nitrogens with zero attached hydrogens (tertiary/aromatic N) is 3. The lowest BCUT2D eigenvalue weighted by molar-refractivity contribution is -0.384. The topological polar surface area (TPSA) is 162 Å². The number of fused-ring (bicyclic) bond motifs is 2. The van der Waals surface area contributed by atoms with Crippen molar-refractivity contribution in [3.63, 3.8) is 0 Å². The van der Waals surface area contributed by atoms with Gasteiger partial charge < -0.3 is 34.0 Å². The van der Waals surface area contributed by atoms with E-state index in [9.17, 15) is 25.1 Å². The lowest BCUT2D eigenvalue weighted by atomic mass is 9.55. The van der Waals surface area contributed by atoms with Gasteiger partial charge in [-0.15, -0.1) is 6.58 Å². The van der Waals surface area contributed by atoms with Crippen LogP contribution in [0.2, 0.25) is 0 Å². The van der Waals surface area contributed by atoms with E-state index in [1.165, 1.54) is 12.1 Å². The molecule has 326 valence electrons. The first kappa shape index (κ1) is 45.0. The monoisotopic (exact) mass is 837 g/mol. The molecule has 6 rings (SSSR count). The Hall–Kier alpha value is -5.50. The van der Waals surface area contributed by atoms with Crippen molar-refractivity contribution in [1.82, 2.24) is 4.90 Å². The van der Waals surface area contributed by atoms with Crippen LogP contribution in [0.25, 0.3) is 0 Å². The number of nitro benzene ring substituents is 1. The highest BCUT2D eigenvalue weighted by molar-refractivity contribution is 6.03. The van der Waals surface area contributed by atoms with Crippen LogP contribution in [0.1, 0.15) is 80.9 Å². The first-order valence-corrected chi connectivity index (χ1v) is 21.4. The van der Waals surface area contributed by atoms with E-state index >= 15 is 0 Å². The molecule has 0 radical (unpaired) electrons. The second-order valence-corrected chi connectivity index (χ2v) is 15.8. The third kappa shape index (κ3) is 10.5. The van der Waals surface area contributed by atoms with Gasteiger partial charge in [-0.05, 0) is 91.0 Å². The molecule has 2 aliphatic carbocycles. The highest BCUT2D eigenvalue weighted by Gasteiger charge is 2.65. The maximum absolute atomic E-state index is 14.5. The minimum absolute atomic E-state index is 0.0222. The molecule has 3 aromatic carbocycles. The van der Waals surface area contributed by atoms with Crippen molar-refractivity contribution in [3.05, 3.63) is 137 Å². The normalized spacial score (nSPS) is 23.1. The SMILES string of the molecule is C=CCOc1ccc2c(c1)[C@H]1[C@H](CCCCO)[C@@H](CCCCO)C=C3C(=NOCc4ccc([N+](=O)[O-])cc4)C[C@H](N(CCC)C(=O)OCc4ccccc4)[C@@](OCC=C)(O2)[C@H]31. The summed E-state index contributed by atoms with van der Waals surface area (Å²) in [6, 6.07) is 20.8. The van der Waals surface area contributed by atoms with Crippen LogP contribution in [0.15, 0.2) is 115 Å². The third-order valence-electron chi connectivity index (χ3n) is 11.8. The summed E-state index contributed by atoms with van der Waals surface area (Å²) in [7, 11) is 0. The highest BCUT2D eigenvalue weighted by Crippen LogP contribution is 2.62. The fourth-order valence-electron chi connectivity index (χ4n) is 9.21. The molecule has 6 atom stereocenters. The first-order valence-electron chi connectivity index (χ1n) is 21.4. The number of aliphatic hydroxyl groups is 2. The molecule has 0 aromatic heterocycles. The molecule has 0 bridgehead atoms. The Labute approximate surface area is 358 Å². The summed E-state index contributed by atoms with van der Waals surface area (Å²) in [6.07, 6.45) is 10.4. The van der Waals surface area contributed by atoms with Crippen molar-refractivity contribution >= 4 is 17.5 Å². The second kappa shape index (κ2) is 21.8. The summed E-state index contributed by atoms with van der Waals surface area (Å²) >= 11 is 0. The van der Waals surface area contributed by atoms with Gasteiger partial charge in [-0.3, -0.25) is 15.0 Å². The number of hydrogen-bond acceptors (Lipinski definition) is 11. The molecule has 1 fully saturated rings. The number of hydrogen-bond donors (Lipinski definition) is 2. The summed E-state index contributed by atoms with van der Waals surface area (Å²) < 4.78 is 26.5. The second-order valence-electron chi connectivity index (χ2n) is 15.8. The van der Waals surface area contributed by atoms with E-state index in [2.05, 4.69) is 19.2 Å². The fraction of sp³-hybridized carbons (Fsp3) is 0.458. The van der Waals surface area contributed by atoms with Crippen molar-refractivity contribution in [1.29, 1.82) is 0 Å². The Morgan fingerprint density at radius 2 is 1.69 bits per heavy atom.